The van der Waals surface area contributed by atoms with E-state index in [0.29, 0.717) is 18.4 Å². The quantitative estimate of drug-likeness (QED) is 0.425. The molecular formula is C24H26ClNO2. The molecule has 1 amide bonds. The number of amides is 1. The van der Waals surface area contributed by atoms with Crippen molar-refractivity contribution in [2.24, 2.45) is 0 Å². The molecular weight excluding hydrogens is 370 g/mol. The molecule has 3 nitrogen and oxygen atoms in total. The van der Waals surface area contributed by atoms with Crippen molar-refractivity contribution in [3.8, 4) is 0 Å². The minimum Gasteiger partial charge on any atom is -0.445 e. The molecule has 4 rings (SSSR count). The molecule has 28 heavy (non-hydrogen) atoms. The van der Waals surface area contributed by atoms with Crippen molar-refractivity contribution >= 4 is 23.8 Å². The SMILES string of the molecule is O=C(OCc1ccccc1)N1CCC2CC1c1ccc(/C=C/CCCCl)cc12. The van der Waals surface area contributed by atoms with E-state index >= 15 is 0 Å². The molecule has 0 aromatic heterocycles. The Hall–Kier alpha value is -2.26. The molecule has 0 spiro atoms. The topological polar surface area (TPSA) is 29.5 Å². The average molecular weight is 396 g/mol. The van der Waals surface area contributed by atoms with Crippen LogP contribution in [0.3, 0.4) is 0 Å². The van der Waals surface area contributed by atoms with Crippen molar-refractivity contribution in [3.63, 3.8) is 0 Å². The Balaban J connectivity index is 1.44. The van der Waals surface area contributed by atoms with Gasteiger partial charge in [-0.05, 0) is 53.9 Å². The predicted octanol–water partition coefficient (Wildman–Crippen LogP) is 6.29. The van der Waals surface area contributed by atoms with Crippen molar-refractivity contribution < 1.29 is 9.53 Å². The zero-order chi connectivity index (χ0) is 19.3. The molecule has 2 unspecified atom stereocenters. The zero-order valence-electron chi connectivity index (χ0n) is 16.0. The molecule has 1 saturated heterocycles. The second kappa shape index (κ2) is 8.83. The smallest absolute Gasteiger partial charge is 0.410 e. The van der Waals surface area contributed by atoms with Crippen LogP contribution >= 0.6 is 11.6 Å². The van der Waals surface area contributed by atoms with Gasteiger partial charge in [0.25, 0.3) is 0 Å². The van der Waals surface area contributed by atoms with Gasteiger partial charge in [0.05, 0.1) is 6.04 Å². The standard InChI is InChI=1S/C24H26ClNO2/c25-13-6-2-5-7-18-10-11-21-22(15-18)20-12-14-26(23(21)16-20)24(27)28-17-19-8-3-1-4-9-19/h1,3-5,7-11,15,20,23H,2,6,12-14,16-17H2/b7-5+. The molecule has 1 aliphatic heterocycles. The maximum atomic E-state index is 12.7. The summed E-state index contributed by atoms with van der Waals surface area (Å²) in [5.74, 6) is 1.25. The van der Waals surface area contributed by atoms with Gasteiger partial charge in [-0.3, -0.25) is 0 Å². The number of halogens is 1. The number of ether oxygens (including phenoxy) is 1. The first-order valence-electron chi connectivity index (χ1n) is 10.1. The molecule has 2 aromatic rings. The van der Waals surface area contributed by atoms with Gasteiger partial charge in [-0.15, -0.1) is 11.6 Å². The maximum Gasteiger partial charge on any atom is 0.410 e. The first-order valence-corrected chi connectivity index (χ1v) is 10.6. The van der Waals surface area contributed by atoms with Gasteiger partial charge in [0, 0.05) is 12.4 Å². The molecule has 4 heteroatoms. The van der Waals surface area contributed by atoms with Crippen LogP contribution < -0.4 is 0 Å². The largest absolute Gasteiger partial charge is 0.445 e. The summed E-state index contributed by atoms with van der Waals surface area (Å²) < 4.78 is 5.60. The van der Waals surface area contributed by atoms with Gasteiger partial charge >= 0.3 is 6.09 Å². The molecule has 1 fully saturated rings. The van der Waals surface area contributed by atoms with E-state index in [9.17, 15) is 4.79 Å². The van der Waals surface area contributed by atoms with Gasteiger partial charge in [0.15, 0.2) is 0 Å². The highest BCUT2D eigenvalue weighted by Gasteiger charge is 2.41. The fourth-order valence-corrected chi connectivity index (χ4v) is 4.49. The van der Waals surface area contributed by atoms with E-state index < -0.39 is 0 Å². The first kappa shape index (κ1) is 19.1. The van der Waals surface area contributed by atoms with Crippen LogP contribution in [-0.4, -0.2) is 23.4 Å². The van der Waals surface area contributed by atoms with Crippen LogP contribution in [-0.2, 0) is 11.3 Å². The number of fused-ring (bicyclic) bond motifs is 5. The molecule has 146 valence electrons. The highest BCUT2D eigenvalue weighted by molar-refractivity contribution is 6.17. The van der Waals surface area contributed by atoms with Crippen LogP contribution in [0.4, 0.5) is 4.79 Å². The lowest BCUT2D eigenvalue weighted by atomic mass is 9.95. The minimum atomic E-state index is -0.204. The molecule has 0 radical (unpaired) electrons. The summed E-state index contributed by atoms with van der Waals surface area (Å²) in [4.78, 5) is 14.6. The molecule has 2 aromatic carbocycles. The Labute approximate surface area is 172 Å². The number of allylic oxidation sites excluding steroid dienone is 1. The number of likely N-dealkylation sites (tertiary alicyclic amines) is 1. The molecule has 2 aliphatic rings. The molecule has 2 atom stereocenters. The number of nitrogens with zero attached hydrogens (tertiary/aromatic N) is 1. The van der Waals surface area contributed by atoms with Gasteiger partial charge in [-0.1, -0.05) is 60.7 Å². The molecule has 1 aliphatic carbocycles. The lowest BCUT2D eigenvalue weighted by Crippen LogP contribution is -2.37. The molecule has 0 N–H and O–H groups in total. The number of hydrogen-bond donors (Lipinski definition) is 0. The summed E-state index contributed by atoms with van der Waals surface area (Å²) in [6, 6.07) is 16.6. The monoisotopic (exact) mass is 395 g/mol. The third-order valence-electron chi connectivity index (χ3n) is 5.77. The van der Waals surface area contributed by atoms with Crippen LogP contribution in [0.2, 0.25) is 0 Å². The van der Waals surface area contributed by atoms with Crippen LogP contribution in [0, 0.1) is 0 Å². The lowest BCUT2D eigenvalue weighted by molar-refractivity contribution is 0.0694. The third-order valence-corrected chi connectivity index (χ3v) is 6.03. The Morgan fingerprint density at radius 1 is 1.18 bits per heavy atom. The Bertz CT molecular complexity index is 849. The van der Waals surface area contributed by atoms with E-state index in [2.05, 4.69) is 30.4 Å². The number of alkyl halides is 1. The summed E-state index contributed by atoms with van der Waals surface area (Å²) >= 11 is 5.74. The minimum absolute atomic E-state index is 0.145. The number of carbonyl (C=O) groups excluding carboxylic acids is 1. The summed E-state index contributed by atoms with van der Waals surface area (Å²) in [5, 5.41) is 0. The fraction of sp³-hybridized carbons (Fsp3) is 0.375. The third kappa shape index (κ3) is 4.10. The van der Waals surface area contributed by atoms with E-state index in [0.717, 1.165) is 37.8 Å². The number of hydrogen-bond acceptors (Lipinski definition) is 2. The summed E-state index contributed by atoms with van der Waals surface area (Å²) in [7, 11) is 0. The summed E-state index contributed by atoms with van der Waals surface area (Å²) in [6.07, 6.45) is 8.20. The van der Waals surface area contributed by atoms with Crippen LogP contribution in [0.5, 0.6) is 0 Å². The van der Waals surface area contributed by atoms with Crippen LogP contribution in [0.1, 0.15) is 59.9 Å². The van der Waals surface area contributed by atoms with Gasteiger partial charge in [-0.25, -0.2) is 4.79 Å². The number of benzene rings is 2. The summed E-state index contributed by atoms with van der Waals surface area (Å²) in [6.45, 7) is 1.09. The Kier molecular flexibility index (Phi) is 6.01. The predicted molar refractivity (Wildman–Crippen MR) is 113 cm³/mol. The van der Waals surface area contributed by atoms with E-state index in [1.54, 1.807) is 0 Å². The fourth-order valence-electron chi connectivity index (χ4n) is 4.33. The number of carbonyl (C=O) groups is 1. The van der Waals surface area contributed by atoms with Crippen molar-refractivity contribution in [3.05, 3.63) is 76.9 Å². The highest BCUT2D eigenvalue weighted by atomic mass is 35.5. The Morgan fingerprint density at radius 3 is 2.86 bits per heavy atom. The van der Waals surface area contributed by atoms with Gasteiger partial charge < -0.3 is 9.64 Å². The molecule has 1 heterocycles. The van der Waals surface area contributed by atoms with Crippen LogP contribution in [0.25, 0.3) is 6.08 Å². The highest BCUT2D eigenvalue weighted by Crippen LogP contribution is 2.49. The van der Waals surface area contributed by atoms with E-state index in [1.807, 2.05) is 35.2 Å². The van der Waals surface area contributed by atoms with Crippen molar-refractivity contribution in [1.82, 2.24) is 4.90 Å². The van der Waals surface area contributed by atoms with Crippen LogP contribution in [0.15, 0.2) is 54.6 Å². The summed E-state index contributed by atoms with van der Waals surface area (Å²) in [5.41, 5.74) is 4.95. The van der Waals surface area contributed by atoms with Gasteiger partial charge in [-0.2, -0.15) is 0 Å². The molecule has 2 bridgehead atoms. The lowest BCUT2D eigenvalue weighted by Gasteiger charge is -2.32. The number of unbranched alkanes of at least 4 members (excludes halogenated alkanes) is 1. The number of piperidine rings is 1. The van der Waals surface area contributed by atoms with Gasteiger partial charge in [0.1, 0.15) is 6.61 Å². The first-order chi connectivity index (χ1) is 13.8. The number of rotatable bonds is 6. The average Bonchev–Trinajstić information content (AvgIpc) is 3.02. The van der Waals surface area contributed by atoms with E-state index in [1.165, 1.54) is 16.7 Å². The van der Waals surface area contributed by atoms with Gasteiger partial charge in [0.2, 0.25) is 0 Å². The van der Waals surface area contributed by atoms with Crippen molar-refractivity contribution in [1.29, 1.82) is 0 Å². The Morgan fingerprint density at radius 2 is 2.04 bits per heavy atom. The van der Waals surface area contributed by atoms with Crippen molar-refractivity contribution in [2.75, 3.05) is 12.4 Å². The van der Waals surface area contributed by atoms with E-state index in [4.69, 9.17) is 16.3 Å². The normalized spacial score (nSPS) is 20.4. The van der Waals surface area contributed by atoms with E-state index in [-0.39, 0.29) is 12.1 Å². The zero-order valence-corrected chi connectivity index (χ0v) is 16.8. The van der Waals surface area contributed by atoms with Crippen molar-refractivity contribution in [2.45, 2.75) is 44.2 Å². The molecule has 0 saturated carbocycles. The maximum absolute atomic E-state index is 12.7. The second-order valence-corrected chi connectivity index (χ2v) is 7.97. The second-order valence-electron chi connectivity index (χ2n) is 7.59.